The number of methoxy groups -OCH3 is 1. The monoisotopic (exact) mass is 445 g/mol. The number of hydrogen-bond acceptors (Lipinski definition) is 5. The van der Waals surface area contributed by atoms with Gasteiger partial charge in [-0.2, -0.15) is 0 Å². The van der Waals surface area contributed by atoms with Gasteiger partial charge in [-0.15, -0.1) is 0 Å². The van der Waals surface area contributed by atoms with Crippen LogP contribution in [0.4, 0.5) is 5.69 Å². The average Bonchev–Trinajstić information content (AvgIpc) is 2.78. The summed E-state index contributed by atoms with van der Waals surface area (Å²) in [7, 11) is -2.35. The highest BCUT2D eigenvalue weighted by molar-refractivity contribution is 7.89. The SMILES string of the molecule is CCNC(=O)c1cc(S(=O)(=O)NCc2ccc(N3CCC[C@@H](C)C3)cc2)ccc1OC. The quantitative estimate of drug-likeness (QED) is 0.652. The van der Waals surface area contributed by atoms with Crippen LogP contribution in [0.1, 0.15) is 42.6 Å². The zero-order chi connectivity index (χ0) is 22.4. The summed E-state index contributed by atoms with van der Waals surface area (Å²) in [6.07, 6.45) is 2.46. The number of piperidine rings is 1. The maximum absolute atomic E-state index is 12.8. The molecule has 2 aromatic carbocycles. The lowest BCUT2D eigenvalue weighted by Crippen LogP contribution is -2.34. The van der Waals surface area contributed by atoms with Gasteiger partial charge in [0.15, 0.2) is 0 Å². The normalized spacial score (nSPS) is 16.7. The fraction of sp³-hybridized carbons (Fsp3) is 0.435. The zero-order valence-corrected chi connectivity index (χ0v) is 19.2. The lowest BCUT2D eigenvalue weighted by Gasteiger charge is -2.32. The van der Waals surface area contributed by atoms with Crippen molar-refractivity contribution >= 4 is 21.6 Å². The summed E-state index contributed by atoms with van der Waals surface area (Å²) in [5.74, 6) is 0.639. The number of nitrogens with zero attached hydrogens (tertiary/aromatic N) is 1. The fourth-order valence-electron chi connectivity index (χ4n) is 3.80. The molecule has 0 aliphatic carbocycles. The predicted octanol–water partition coefficient (Wildman–Crippen LogP) is 3.16. The Morgan fingerprint density at radius 1 is 1.19 bits per heavy atom. The van der Waals surface area contributed by atoms with Gasteiger partial charge in [-0.05, 0) is 61.6 Å². The summed E-state index contributed by atoms with van der Waals surface area (Å²) >= 11 is 0. The van der Waals surface area contributed by atoms with E-state index in [1.165, 1.54) is 43.8 Å². The third-order valence-corrected chi connectivity index (χ3v) is 6.89. The van der Waals surface area contributed by atoms with Gasteiger partial charge in [-0.1, -0.05) is 19.1 Å². The summed E-state index contributed by atoms with van der Waals surface area (Å²) in [6.45, 7) is 6.78. The molecule has 168 valence electrons. The van der Waals surface area contributed by atoms with Gasteiger partial charge in [0, 0.05) is 31.9 Å². The maximum atomic E-state index is 12.8. The number of carbonyl (C=O) groups is 1. The summed E-state index contributed by atoms with van der Waals surface area (Å²) in [5, 5.41) is 2.67. The Kier molecular flexibility index (Phi) is 7.56. The molecule has 0 saturated carbocycles. The van der Waals surface area contributed by atoms with E-state index in [2.05, 4.69) is 21.9 Å². The van der Waals surface area contributed by atoms with Crippen LogP contribution in [0.25, 0.3) is 0 Å². The molecule has 3 rings (SSSR count). The molecular formula is C23H31N3O4S. The molecule has 1 heterocycles. The van der Waals surface area contributed by atoms with E-state index < -0.39 is 10.0 Å². The highest BCUT2D eigenvalue weighted by Crippen LogP contribution is 2.24. The minimum atomic E-state index is -3.79. The zero-order valence-electron chi connectivity index (χ0n) is 18.3. The lowest BCUT2D eigenvalue weighted by molar-refractivity contribution is 0.0952. The van der Waals surface area contributed by atoms with Gasteiger partial charge in [-0.25, -0.2) is 13.1 Å². The Balaban J connectivity index is 1.69. The van der Waals surface area contributed by atoms with E-state index in [1.807, 2.05) is 24.3 Å². The predicted molar refractivity (Wildman–Crippen MR) is 122 cm³/mol. The molecule has 0 spiro atoms. The third-order valence-electron chi connectivity index (χ3n) is 5.49. The molecular weight excluding hydrogens is 414 g/mol. The molecule has 0 unspecified atom stereocenters. The van der Waals surface area contributed by atoms with Crippen molar-refractivity contribution in [3.05, 3.63) is 53.6 Å². The molecule has 0 radical (unpaired) electrons. The molecule has 1 atom stereocenters. The summed E-state index contributed by atoms with van der Waals surface area (Å²) in [5.41, 5.74) is 2.22. The van der Waals surface area contributed by atoms with Crippen LogP contribution in [0.3, 0.4) is 0 Å². The van der Waals surface area contributed by atoms with Gasteiger partial charge >= 0.3 is 0 Å². The van der Waals surface area contributed by atoms with Crippen molar-refractivity contribution in [2.75, 3.05) is 31.6 Å². The van der Waals surface area contributed by atoms with Crippen LogP contribution in [0, 0.1) is 5.92 Å². The van der Waals surface area contributed by atoms with E-state index in [0.717, 1.165) is 18.7 Å². The van der Waals surface area contributed by atoms with Gasteiger partial charge in [0.2, 0.25) is 10.0 Å². The number of nitrogens with one attached hydrogen (secondary N) is 2. The van der Waals surface area contributed by atoms with E-state index in [0.29, 0.717) is 18.2 Å². The second-order valence-electron chi connectivity index (χ2n) is 7.91. The number of sulfonamides is 1. The maximum Gasteiger partial charge on any atom is 0.255 e. The molecule has 31 heavy (non-hydrogen) atoms. The molecule has 7 nitrogen and oxygen atoms in total. The Bertz CT molecular complexity index is 1010. The topological polar surface area (TPSA) is 87.7 Å². The van der Waals surface area contributed by atoms with Crippen molar-refractivity contribution in [2.24, 2.45) is 5.92 Å². The van der Waals surface area contributed by atoms with Crippen LogP contribution >= 0.6 is 0 Å². The number of ether oxygens (including phenoxy) is 1. The van der Waals surface area contributed by atoms with Crippen molar-refractivity contribution in [1.82, 2.24) is 10.0 Å². The van der Waals surface area contributed by atoms with E-state index >= 15 is 0 Å². The molecule has 0 bridgehead atoms. The number of amides is 1. The second-order valence-corrected chi connectivity index (χ2v) is 9.67. The molecule has 1 amide bonds. The van der Waals surface area contributed by atoms with Crippen LogP contribution in [-0.2, 0) is 16.6 Å². The Labute approximate surface area is 184 Å². The van der Waals surface area contributed by atoms with Crippen molar-refractivity contribution in [1.29, 1.82) is 0 Å². The molecule has 2 N–H and O–H groups in total. The van der Waals surface area contributed by atoms with Gasteiger partial charge in [0.1, 0.15) is 5.75 Å². The van der Waals surface area contributed by atoms with E-state index in [9.17, 15) is 13.2 Å². The molecule has 2 aromatic rings. The molecule has 0 aromatic heterocycles. The molecule has 1 saturated heterocycles. The van der Waals surface area contributed by atoms with Gasteiger partial charge in [-0.3, -0.25) is 4.79 Å². The summed E-state index contributed by atoms with van der Waals surface area (Å²) in [6, 6.07) is 12.3. The van der Waals surface area contributed by atoms with Crippen LogP contribution < -0.4 is 19.7 Å². The second kappa shape index (κ2) is 10.2. The van der Waals surface area contributed by atoms with Crippen LogP contribution in [0.2, 0.25) is 0 Å². The first kappa shape index (κ1) is 23.1. The first-order valence-corrected chi connectivity index (χ1v) is 12.1. The number of benzene rings is 2. The van der Waals surface area contributed by atoms with E-state index in [1.54, 1.807) is 6.92 Å². The smallest absolute Gasteiger partial charge is 0.255 e. The molecule has 1 aliphatic rings. The van der Waals surface area contributed by atoms with Crippen molar-refractivity contribution in [2.45, 2.75) is 38.1 Å². The van der Waals surface area contributed by atoms with E-state index in [-0.39, 0.29) is 22.9 Å². The minimum Gasteiger partial charge on any atom is -0.496 e. The van der Waals surface area contributed by atoms with Crippen LogP contribution in [0.5, 0.6) is 5.75 Å². The van der Waals surface area contributed by atoms with Gasteiger partial charge in [0.05, 0.1) is 17.6 Å². The standard InChI is InChI=1S/C23H31N3O4S/c1-4-24-23(27)21-14-20(11-12-22(21)30-3)31(28,29)25-15-18-7-9-19(10-8-18)26-13-5-6-17(2)16-26/h7-12,14,17,25H,4-6,13,15-16H2,1-3H3,(H,24,27)/t17-/m1/s1. The summed E-state index contributed by atoms with van der Waals surface area (Å²) in [4.78, 5) is 14.7. The summed E-state index contributed by atoms with van der Waals surface area (Å²) < 4.78 is 33.4. The fourth-order valence-corrected chi connectivity index (χ4v) is 4.84. The number of carbonyl (C=O) groups excluding carboxylic acids is 1. The average molecular weight is 446 g/mol. The number of anilines is 1. The van der Waals surface area contributed by atoms with E-state index in [4.69, 9.17) is 4.74 Å². The Hall–Kier alpha value is -2.58. The Morgan fingerprint density at radius 3 is 2.58 bits per heavy atom. The number of rotatable bonds is 8. The minimum absolute atomic E-state index is 0.0217. The molecule has 1 aliphatic heterocycles. The lowest BCUT2D eigenvalue weighted by atomic mass is 9.99. The largest absolute Gasteiger partial charge is 0.496 e. The third kappa shape index (κ3) is 5.77. The first-order valence-electron chi connectivity index (χ1n) is 10.6. The van der Waals surface area contributed by atoms with Crippen molar-refractivity contribution in [3.8, 4) is 5.75 Å². The highest BCUT2D eigenvalue weighted by atomic mass is 32.2. The first-order chi connectivity index (χ1) is 14.8. The van der Waals surface area contributed by atoms with Crippen molar-refractivity contribution in [3.63, 3.8) is 0 Å². The molecule has 8 heteroatoms. The number of hydrogen-bond donors (Lipinski definition) is 2. The van der Waals surface area contributed by atoms with Crippen LogP contribution in [0.15, 0.2) is 47.4 Å². The Morgan fingerprint density at radius 2 is 1.94 bits per heavy atom. The van der Waals surface area contributed by atoms with Gasteiger partial charge in [0.25, 0.3) is 5.91 Å². The van der Waals surface area contributed by atoms with Crippen molar-refractivity contribution < 1.29 is 17.9 Å². The van der Waals surface area contributed by atoms with Crippen LogP contribution in [-0.4, -0.2) is 41.1 Å². The molecule has 1 fully saturated rings. The van der Waals surface area contributed by atoms with Gasteiger partial charge < -0.3 is 15.0 Å². The highest BCUT2D eigenvalue weighted by Gasteiger charge is 2.20.